The van der Waals surface area contributed by atoms with Gasteiger partial charge >= 0.3 is 5.97 Å². The second kappa shape index (κ2) is 5.91. The van der Waals surface area contributed by atoms with Crippen LogP contribution < -0.4 is 9.47 Å². The van der Waals surface area contributed by atoms with E-state index in [9.17, 15) is 4.79 Å². The first-order valence-corrected chi connectivity index (χ1v) is 6.77. The van der Waals surface area contributed by atoms with Gasteiger partial charge in [-0.05, 0) is 23.8 Å². The molecule has 110 valence electrons. The van der Waals surface area contributed by atoms with E-state index in [-0.39, 0.29) is 12.1 Å². The van der Waals surface area contributed by atoms with Crippen LogP contribution in [0.25, 0.3) is 6.08 Å². The Morgan fingerprint density at radius 1 is 1.24 bits per heavy atom. The van der Waals surface area contributed by atoms with Crippen LogP contribution in [0.1, 0.15) is 12.0 Å². The molecule has 3 rings (SSSR count). The van der Waals surface area contributed by atoms with Crippen LogP contribution in [0, 0.1) is 0 Å². The Kier molecular flexibility index (Phi) is 3.81. The topological polar surface area (TPSA) is 54.0 Å². The van der Waals surface area contributed by atoms with Crippen LogP contribution in [-0.4, -0.2) is 32.4 Å². The zero-order valence-electron chi connectivity index (χ0n) is 11.7. The second-order valence-corrected chi connectivity index (χ2v) is 4.76. The van der Waals surface area contributed by atoms with Gasteiger partial charge in [-0.25, -0.2) is 4.79 Å². The summed E-state index contributed by atoms with van der Waals surface area (Å²) in [5, 5.41) is 0. The molecule has 1 unspecified atom stereocenters. The fraction of sp³-hybridized carbons (Fsp3) is 0.312. The third kappa shape index (κ3) is 3.18. The smallest absolute Gasteiger partial charge is 0.334 e. The fourth-order valence-corrected chi connectivity index (χ4v) is 2.25. The zero-order valence-corrected chi connectivity index (χ0v) is 11.7. The number of rotatable bonds is 3. The lowest BCUT2D eigenvalue weighted by Crippen LogP contribution is -2.21. The monoisotopic (exact) mass is 288 g/mol. The molecule has 1 atom stereocenters. The van der Waals surface area contributed by atoms with E-state index in [0.717, 1.165) is 17.1 Å². The summed E-state index contributed by atoms with van der Waals surface area (Å²) < 4.78 is 21.3. The van der Waals surface area contributed by atoms with Crippen LogP contribution in [0.5, 0.6) is 11.5 Å². The molecule has 0 radical (unpaired) electrons. The summed E-state index contributed by atoms with van der Waals surface area (Å²) in [5.41, 5.74) is 0.962. The van der Waals surface area contributed by atoms with Gasteiger partial charge in [0.05, 0.1) is 13.2 Å². The number of benzene rings is 1. The third-order valence-corrected chi connectivity index (χ3v) is 3.28. The minimum absolute atomic E-state index is 0.314. The van der Waals surface area contributed by atoms with Gasteiger partial charge in [0, 0.05) is 6.42 Å². The van der Waals surface area contributed by atoms with Crippen molar-refractivity contribution in [3.05, 3.63) is 41.7 Å². The van der Waals surface area contributed by atoms with Gasteiger partial charge in [0.15, 0.2) is 11.5 Å². The third-order valence-electron chi connectivity index (χ3n) is 3.28. The summed E-state index contributed by atoms with van der Waals surface area (Å²) in [5.74, 6) is 1.74. The molecule has 5 nitrogen and oxygen atoms in total. The van der Waals surface area contributed by atoms with Crippen LogP contribution >= 0.6 is 0 Å². The summed E-state index contributed by atoms with van der Waals surface area (Å²) in [4.78, 5) is 11.4. The highest BCUT2D eigenvalue weighted by molar-refractivity contribution is 5.83. The first-order valence-electron chi connectivity index (χ1n) is 6.77. The highest BCUT2D eigenvalue weighted by Crippen LogP contribution is 2.31. The zero-order chi connectivity index (χ0) is 14.7. The Labute approximate surface area is 122 Å². The number of cyclic esters (lactones) is 1. The number of fused-ring (bicyclic) bond motifs is 1. The summed E-state index contributed by atoms with van der Waals surface area (Å²) in [6.45, 7) is 1.13. The van der Waals surface area contributed by atoms with Gasteiger partial charge in [0.25, 0.3) is 0 Å². The maximum Gasteiger partial charge on any atom is 0.334 e. The predicted molar refractivity (Wildman–Crippen MR) is 76.1 cm³/mol. The van der Waals surface area contributed by atoms with Gasteiger partial charge < -0.3 is 18.9 Å². The van der Waals surface area contributed by atoms with E-state index in [1.54, 1.807) is 7.11 Å². The van der Waals surface area contributed by atoms with Crippen LogP contribution in [0.15, 0.2) is 36.1 Å². The average molecular weight is 288 g/mol. The maximum absolute atomic E-state index is 11.4. The van der Waals surface area contributed by atoms with E-state index < -0.39 is 0 Å². The normalized spacial score (nSPS) is 20.9. The van der Waals surface area contributed by atoms with Gasteiger partial charge in [-0.2, -0.15) is 0 Å². The summed E-state index contributed by atoms with van der Waals surface area (Å²) in [6, 6.07) is 5.71. The standard InChI is InChI=1S/C16H16O5/c1-18-13-9-12(21-16(17)10-13)4-2-11-3-5-14-15(8-11)20-7-6-19-14/h2-5,8,10,12H,6-7,9H2,1H3/b4-2+. The number of carbonyl (C=O) groups is 1. The minimum Gasteiger partial charge on any atom is -0.501 e. The molecule has 0 fully saturated rings. The van der Waals surface area contributed by atoms with E-state index in [4.69, 9.17) is 18.9 Å². The second-order valence-electron chi connectivity index (χ2n) is 4.76. The molecule has 0 amide bonds. The minimum atomic E-state index is -0.380. The van der Waals surface area contributed by atoms with E-state index in [1.165, 1.54) is 6.08 Å². The fourth-order valence-electron chi connectivity index (χ4n) is 2.25. The van der Waals surface area contributed by atoms with Crippen molar-refractivity contribution in [1.82, 2.24) is 0 Å². The van der Waals surface area contributed by atoms with Gasteiger partial charge in [0.2, 0.25) is 0 Å². The van der Waals surface area contributed by atoms with Crippen molar-refractivity contribution in [3.63, 3.8) is 0 Å². The van der Waals surface area contributed by atoms with Gasteiger partial charge in [-0.15, -0.1) is 0 Å². The Balaban J connectivity index is 1.71. The first-order chi connectivity index (χ1) is 10.2. The van der Waals surface area contributed by atoms with Crippen LogP contribution in [-0.2, 0) is 14.3 Å². The van der Waals surface area contributed by atoms with Crippen LogP contribution in [0.4, 0.5) is 0 Å². The van der Waals surface area contributed by atoms with Crippen molar-refractivity contribution >= 4 is 12.0 Å². The molecule has 1 aromatic carbocycles. The van der Waals surface area contributed by atoms with E-state index >= 15 is 0 Å². The number of methoxy groups -OCH3 is 1. The number of hydrogen-bond donors (Lipinski definition) is 0. The first kappa shape index (κ1) is 13.5. The van der Waals surface area contributed by atoms with Crippen molar-refractivity contribution in [2.75, 3.05) is 20.3 Å². The molecule has 0 saturated carbocycles. The van der Waals surface area contributed by atoms with Crippen molar-refractivity contribution in [2.24, 2.45) is 0 Å². The molecule has 2 aliphatic rings. The molecule has 0 N–H and O–H groups in total. The molecule has 2 heterocycles. The highest BCUT2D eigenvalue weighted by Gasteiger charge is 2.20. The average Bonchev–Trinajstić information content (AvgIpc) is 2.52. The maximum atomic E-state index is 11.4. The molecule has 21 heavy (non-hydrogen) atoms. The molecule has 1 aromatic rings. The van der Waals surface area contributed by atoms with Gasteiger partial charge in [-0.3, -0.25) is 0 Å². The summed E-state index contributed by atoms with van der Waals surface area (Å²) in [7, 11) is 1.55. The van der Waals surface area contributed by atoms with Gasteiger partial charge in [0.1, 0.15) is 25.1 Å². The Bertz CT molecular complexity index is 603. The lowest BCUT2D eigenvalue weighted by atomic mass is 10.1. The Morgan fingerprint density at radius 2 is 2.05 bits per heavy atom. The number of esters is 1. The summed E-state index contributed by atoms with van der Waals surface area (Å²) >= 11 is 0. The SMILES string of the molecule is COC1=CC(=O)OC(/C=C/c2ccc3c(c2)OCCO3)C1. The molecule has 0 saturated heterocycles. The highest BCUT2D eigenvalue weighted by atomic mass is 16.6. The molecule has 2 aliphatic heterocycles. The van der Waals surface area contributed by atoms with Crippen molar-refractivity contribution in [1.29, 1.82) is 0 Å². The molecular weight excluding hydrogens is 272 g/mol. The van der Waals surface area contributed by atoms with E-state index in [0.29, 0.717) is 25.4 Å². The lowest BCUT2D eigenvalue weighted by Gasteiger charge is -2.20. The Morgan fingerprint density at radius 3 is 2.86 bits per heavy atom. The van der Waals surface area contributed by atoms with Crippen LogP contribution in [0.2, 0.25) is 0 Å². The van der Waals surface area contributed by atoms with E-state index in [2.05, 4.69) is 0 Å². The quantitative estimate of drug-likeness (QED) is 0.799. The predicted octanol–water partition coefficient (Wildman–Crippen LogP) is 2.32. The van der Waals surface area contributed by atoms with E-state index in [1.807, 2.05) is 30.4 Å². The number of ether oxygens (including phenoxy) is 4. The van der Waals surface area contributed by atoms with Crippen molar-refractivity contribution in [2.45, 2.75) is 12.5 Å². The molecule has 0 aromatic heterocycles. The molecule has 0 bridgehead atoms. The number of carbonyl (C=O) groups excluding carboxylic acids is 1. The molecule has 0 spiro atoms. The molecular formula is C16H16O5. The van der Waals surface area contributed by atoms with Crippen molar-refractivity contribution in [3.8, 4) is 11.5 Å². The summed E-state index contributed by atoms with van der Waals surface area (Å²) in [6.07, 6.45) is 5.34. The largest absolute Gasteiger partial charge is 0.501 e. The molecule has 5 heteroatoms. The number of hydrogen-bond acceptors (Lipinski definition) is 5. The molecule has 0 aliphatic carbocycles. The van der Waals surface area contributed by atoms with Crippen molar-refractivity contribution < 1.29 is 23.7 Å². The lowest BCUT2D eigenvalue weighted by molar-refractivity contribution is -0.142. The Hall–Kier alpha value is -2.43. The van der Waals surface area contributed by atoms with Gasteiger partial charge in [-0.1, -0.05) is 12.1 Å². The van der Waals surface area contributed by atoms with Crippen LogP contribution in [0.3, 0.4) is 0 Å².